The molecule has 0 atom stereocenters. The van der Waals surface area contributed by atoms with E-state index in [1.807, 2.05) is 6.07 Å². The van der Waals surface area contributed by atoms with Crippen molar-refractivity contribution in [1.82, 2.24) is 0 Å². The van der Waals surface area contributed by atoms with Crippen LogP contribution in [0, 0.1) is 0 Å². The first kappa shape index (κ1) is 11.0. The monoisotopic (exact) mass is 219 g/mol. The van der Waals surface area contributed by atoms with Crippen LogP contribution in [0.4, 0.5) is 5.69 Å². The molecule has 2 N–H and O–H groups in total. The van der Waals surface area contributed by atoms with E-state index >= 15 is 0 Å². The van der Waals surface area contributed by atoms with Gasteiger partial charge in [-0.1, -0.05) is 12.8 Å². The molecule has 0 unspecified atom stereocenters. The number of nitrogens with two attached hydrogens (primary N) is 1. The van der Waals surface area contributed by atoms with Gasteiger partial charge in [-0.2, -0.15) is 0 Å². The van der Waals surface area contributed by atoms with E-state index in [0.29, 0.717) is 11.5 Å². The Morgan fingerprint density at radius 3 is 2.69 bits per heavy atom. The van der Waals surface area contributed by atoms with Gasteiger partial charge in [-0.25, -0.2) is 4.79 Å². The predicted octanol–water partition coefficient (Wildman–Crippen LogP) is 2.71. The zero-order valence-corrected chi connectivity index (χ0v) is 9.53. The minimum atomic E-state index is -0.292. The molecule has 0 spiro atoms. The van der Waals surface area contributed by atoms with Gasteiger partial charge in [0.25, 0.3) is 0 Å². The zero-order chi connectivity index (χ0) is 11.5. The molecule has 2 rings (SSSR count). The Hall–Kier alpha value is -1.51. The zero-order valence-electron chi connectivity index (χ0n) is 9.53. The maximum atomic E-state index is 11.4. The number of hydrogen-bond acceptors (Lipinski definition) is 3. The van der Waals surface area contributed by atoms with Crippen LogP contribution in [-0.2, 0) is 4.74 Å². The smallest absolute Gasteiger partial charge is 0.337 e. The van der Waals surface area contributed by atoms with Crippen molar-refractivity contribution in [2.45, 2.75) is 31.6 Å². The third-order valence-electron chi connectivity index (χ3n) is 3.30. The lowest BCUT2D eigenvalue weighted by molar-refractivity contribution is 0.0600. The summed E-state index contributed by atoms with van der Waals surface area (Å²) in [6, 6.07) is 5.41. The quantitative estimate of drug-likeness (QED) is 0.614. The lowest BCUT2D eigenvalue weighted by Gasteiger charge is -2.13. The first-order chi connectivity index (χ1) is 7.72. The molecule has 0 heterocycles. The van der Waals surface area contributed by atoms with Crippen LogP contribution in [0.15, 0.2) is 18.2 Å². The van der Waals surface area contributed by atoms with Gasteiger partial charge in [-0.05, 0) is 42.5 Å². The Labute approximate surface area is 95.6 Å². The molecule has 1 fully saturated rings. The molecular formula is C13H17NO2. The van der Waals surface area contributed by atoms with Crippen LogP contribution in [0.5, 0.6) is 0 Å². The first-order valence-corrected chi connectivity index (χ1v) is 5.70. The summed E-state index contributed by atoms with van der Waals surface area (Å²) in [5, 5.41) is 0. The van der Waals surface area contributed by atoms with Gasteiger partial charge in [0.1, 0.15) is 0 Å². The lowest BCUT2D eigenvalue weighted by atomic mass is 9.94. The van der Waals surface area contributed by atoms with Crippen molar-refractivity contribution < 1.29 is 9.53 Å². The number of carbonyl (C=O) groups excluding carboxylic acids is 1. The number of esters is 1. The van der Waals surface area contributed by atoms with Gasteiger partial charge in [0.15, 0.2) is 0 Å². The standard InChI is InChI=1S/C13H17NO2/c1-16-13(15)10-6-7-12(14)11(8-10)9-4-2-3-5-9/h6-9H,2-5,14H2,1H3. The highest BCUT2D eigenvalue weighted by Gasteiger charge is 2.20. The largest absolute Gasteiger partial charge is 0.465 e. The van der Waals surface area contributed by atoms with Gasteiger partial charge in [0, 0.05) is 5.69 Å². The number of hydrogen-bond donors (Lipinski definition) is 1. The van der Waals surface area contributed by atoms with E-state index in [1.165, 1.54) is 32.8 Å². The van der Waals surface area contributed by atoms with Crippen molar-refractivity contribution in [3.8, 4) is 0 Å². The molecule has 3 heteroatoms. The maximum absolute atomic E-state index is 11.4. The second-order valence-electron chi connectivity index (χ2n) is 4.32. The Balaban J connectivity index is 2.32. The van der Waals surface area contributed by atoms with Gasteiger partial charge in [0.05, 0.1) is 12.7 Å². The number of benzene rings is 1. The van der Waals surface area contributed by atoms with Crippen LogP contribution in [0.25, 0.3) is 0 Å². The van der Waals surface area contributed by atoms with E-state index in [4.69, 9.17) is 10.5 Å². The fourth-order valence-electron chi connectivity index (χ4n) is 2.41. The normalized spacial score (nSPS) is 16.3. The van der Waals surface area contributed by atoms with Gasteiger partial charge in [0.2, 0.25) is 0 Å². The second kappa shape index (κ2) is 4.56. The SMILES string of the molecule is COC(=O)c1ccc(N)c(C2CCCC2)c1. The van der Waals surface area contributed by atoms with Gasteiger partial charge in [-0.3, -0.25) is 0 Å². The predicted molar refractivity (Wildman–Crippen MR) is 63.4 cm³/mol. The summed E-state index contributed by atoms with van der Waals surface area (Å²) in [4.78, 5) is 11.4. The number of nitrogen functional groups attached to an aromatic ring is 1. The van der Waals surface area contributed by atoms with Crippen molar-refractivity contribution in [1.29, 1.82) is 0 Å². The first-order valence-electron chi connectivity index (χ1n) is 5.70. The van der Waals surface area contributed by atoms with Crippen molar-refractivity contribution in [2.24, 2.45) is 0 Å². The number of carbonyl (C=O) groups is 1. The Bertz CT molecular complexity index is 395. The second-order valence-corrected chi connectivity index (χ2v) is 4.32. The molecule has 1 aromatic rings. The van der Waals surface area contributed by atoms with Crippen molar-refractivity contribution in [3.63, 3.8) is 0 Å². The molecule has 0 radical (unpaired) electrons. The highest BCUT2D eigenvalue weighted by Crippen LogP contribution is 2.37. The maximum Gasteiger partial charge on any atom is 0.337 e. The van der Waals surface area contributed by atoms with Crippen molar-refractivity contribution in [3.05, 3.63) is 29.3 Å². The molecule has 1 aromatic carbocycles. The van der Waals surface area contributed by atoms with Gasteiger partial charge >= 0.3 is 5.97 Å². The fraction of sp³-hybridized carbons (Fsp3) is 0.462. The highest BCUT2D eigenvalue weighted by atomic mass is 16.5. The molecule has 16 heavy (non-hydrogen) atoms. The molecule has 0 amide bonds. The minimum absolute atomic E-state index is 0.292. The molecule has 1 aliphatic carbocycles. The molecule has 0 saturated heterocycles. The summed E-state index contributed by atoms with van der Waals surface area (Å²) in [5.74, 6) is 0.226. The third-order valence-corrected chi connectivity index (χ3v) is 3.30. The summed E-state index contributed by atoms with van der Waals surface area (Å²) in [6.07, 6.45) is 4.86. The molecule has 1 aliphatic rings. The minimum Gasteiger partial charge on any atom is -0.465 e. The Kier molecular flexibility index (Phi) is 3.13. The van der Waals surface area contributed by atoms with Crippen LogP contribution in [0.3, 0.4) is 0 Å². The van der Waals surface area contributed by atoms with E-state index in [0.717, 1.165) is 11.3 Å². The van der Waals surface area contributed by atoms with Crippen LogP contribution >= 0.6 is 0 Å². The Morgan fingerprint density at radius 1 is 1.38 bits per heavy atom. The Morgan fingerprint density at radius 2 is 2.06 bits per heavy atom. The number of methoxy groups -OCH3 is 1. The van der Waals surface area contributed by atoms with E-state index < -0.39 is 0 Å². The van der Waals surface area contributed by atoms with Crippen molar-refractivity contribution in [2.75, 3.05) is 12.8 Å². The van der Waals surface area contributed by atoms with E-state index in [1.54, 1.807) is 12.1 Å². The third kappa shape index (κ3) is 2.03. The van der Waals surface area contributed by atoms with E-state index in [2.05, 4.69) is 0 Å². The summed E-state index contributed by atoms with van der Waals surface area (Å²) < 4.78 is 4.71. The lowest BCUT2D eigenvalue weighted by Crippen LogP contribution is -2.05. The van der Waals surface area contributed by atoms with Crippen molar-refractivity contribution >= 4 is 11.7 Å². The van der Waals surface area contributed by atoms with Crippen LogP contribution in [-0.4, -0.2) is 13.1 Å². The molecule has 1 saturated carbocycles. The number of ether oxygens (including phenoxy) is 1. The topological polar surface area (TPSA) is 52.3 Å². The number of rotatable bonds is 2. The van der Waals surface area contributed by atoms with E-state index in [-0.39, 0.29) is 5.97 Å². The summed E-state index contributed by atoms with van der Waals surface area (Å²) in [5.41, 5.74) is 8.46. The average molecular weight is 219 g/mol. The summed E-state index contributed by atoms with van der Waals surface area (Å²) in [7, 11) is 1.40. The average Bonchev–Trinajstić information content (AvgIpc) is 2.82. The molecule has 86 valence electrons. The molecule has 0 aromatic heterocycles. The molecular weight excluding hydrogens is 202 g/mol. The van der Waals surface area contributed by atoms with E-state index in [9.17, 15) is 4.79 Å². The highest BCUT2D eigenvalue weighted by molar-refractivity contribution is 5.90. The molecule has 0 aliphatic heterocycles. The van der Waals surface area contributed by atoms with Crippen LogP contribution in [0.2, 0.25) is 0 Å². The summed E-state index contributed by atoms with van der Waals surface area (Å²) in [6.45, 7) is 0. The molecule has 3 nitrogen and oxygen atoms in total. The molecule has 0 bridgehead atoms. The fourth-order valence-corrected chi connectivity index (χ4v) is 2.41. The van der Waals surface area contributed by atoms with Crippen LogP contribution in [0.1, 0.15) is 47.5 Å². The van der Waals surface area contributed by atoms with Gasteiger partial charge < -0.3 is 10.5 Å². The summed E-state index contributed by atoms with van der Waals surface area (Å²) >= 11 is 0. The number of anilines is 1. The van der Waals surface area contributed by atoms with Crippen LogP contribution < -0.4 is 5.73 Å². The van der Waals surface area contributed by atoms with Gasteiger partial charge in [-0.15, -0.1) is 0 Å².